The number of fused-ring (bicyclic) bond motifs is 1. The molecule has 0 radical (unpaired) electrons. The molecule has 1 fully saturated rings. The molecule has 1 aliphatic heterocycles. The number of halogens is 1. The van der Waals surface area contributed by atoms with Gasteiger partial charge in [-0.2, -0.15) is 0 Å². The van der Waals surface area contributed by atoms with Crippen LogP contribution in [0.2, 0.25) is 0 Å². The largest absolute Gasteiger partial charge is 0.381 e. The van der Waals surface area contributed by atoms with Gasteiger partial charge in [-0.3, -0.25) is 0 Å². The molecular weight excluding hydrogens is 215 g/mol. The molecule has 1 N–H and O–H groups in total. The number of hydrogen-bond acceptors (Lipinski definition) is 2. The van der Waals surface area contributed by atoms with Crippen LogP contribution in [0, 0.1) is 5.82 Å². The zero-order chi connectivity index (χ0) is 12.0. The molecule has 0 bridgehead atoms. The molecule has 1 heterocycles. The Morgan fingerprint density at radius 2 is 2.12 bits per heavy atom. The second-order valence-electron chi connectivity index (χ2n) is 5.56. The molecule has 0 aromatic heterocycles. The number of hydrogen-bond donors (Lipinski definition) is 1. The van der Waals surface area contributed by atoms with Gasteiger partial charge >= 0.3 is 0 Å². The fraction of sp³-hybridized carbons (Fsp3) is 0.571. The van der Waals surface area contributed by atoms with Gasteiger partial charge in [-0.05, 0) is 51.3 Å². The molecule has 0 atom stereocenters. The molecule has 1 spiro atoms. The normalized spacial score (nSPS) is 21.1. The van der Waals surface area contributed by atoms with Crippen LogP contribution in [0.3, 0.4) is 0 Å². The maximum absolute atomic E-state index is 13.3. The fourth-order valence-corrected chi connectivity index (χ4v) is 3.29. The van der Waals surface area contributed by atoms with E-state index in [2.05, 4.69) is 24.1 Å². The van der Waals surface area contributed by atoms with Crippen molar-refractivity contribution in [2.75, 3.05) is 16.8 Å². The Balaban J connectivity index is 2.06. The van der Waals surface area contributed by atoms with Crippen LogP contribution < -0.4 is 10.2 Å². The third-order valence-corrected chi connectivity index (χ3v) is 4.14. The molecule has 0 amide bonds. The zero-order valence-electron chi connectivity index (χ0n) is 10.5. The minimum absolute atomic E-state index is 0.162. The highest BCUT2D eigenvalue weighted by Crippen LogP contribution is 2.47. The van der Waals surface area contributed by atoms with Crippen molar-refractivity contribution in [2.24, 2.45) is 0 Å². The highest BCUT2D eigenvalue weighted by atomic mass is 19.1. The van der Waals surface area contributed by atoms with Crippen molar-refractivity contribution < 1.29 is 4.39 Å². The van der Waals surface area contributed by atoms with E-state index in [1.54, 1.807) is 12.1 Å². The van der Waals surface area contributed by atoms with Crippen LogP contribution >= 0.6 is 0 Å². The predicted octanol–water partition coefficient (Wildman–Crippen LogP) is 3.39. The summed E-state index contributed by atoms with van der Waals surface area (Å²) in [7, 11) is 0. The third-order valence-electron chi connectivity index (χ3n) is 4.14. The number of nitrogens with zero attached hydrogens (tertiary/aromatic N) is 1. The Morgan fingerprint density at radius 1 is 1.35 bits per heavy atom. The van der Waals surface area contributed by atoms with Crippen molar-refractivity contribution in [2.45, 2.75) is 44.7 Å². The van der Waals surface area contributed by atoms with Crippen LogP contribution in [0.4, 0.5) is 15.8 Å². The van der Waals surface area contributed by atoms with Crippen LogP contribution in [0.1, 0.15) is 33.1 Å². The first-order chi connectivity index (χ1) is 8.12. The van der Waals surface area contributed by atoms with E-state index >= 15 is 0 Å². The highest BCUT2D eigenvalue weighted by molar-refractivity contribution is 5.74. The molecule has 1 aromatic carbocycles. The van der Waals surface area contributed by atoms with Gasteiger partial charge in [0.15, 0.2) is 0 Å². The first-order valence-corrected chi connectivity index (χ1v) is 6.45. The summed E-state index contributed by atoms with van der Waals surface area (Å²) >= 11 is 0. The van der Waals surface area contributed by atoms with Crippen LogP contribution in [-0.2, 0) is 0 Å². The van der Waals surface area contributed by atoms with Crippen LogP contribution in [0.15, 0.2) is 18.2 Å². The van der Waals surface area contributed by atoms with Gasteiger partial charge < -0.3 is 10.2 Å². The van der Waals surface area contributed by atoms with E-state index in [0.717, 1.165) is 17.9 Å². The lowest BCUT2D eigenvalue weighted by Gasteiger charge is -2.56. The molecule has 3 rings (SSSR count). The molecule has 1 aromatic rings. The van der Waals surface area contributed by atoms with Crippen LogP contribution in [0.25, 0.3) is 0 Å². The van der Waals surface area contributed by atoms with Gasteiger partial charge in [0, 0.05) is 12.6 Å². The van der Waals surface area contributed by atoms with E-state index in [-0.39, 0.29) is 11.4 Å². The van der Waals surface area contributed by atoms with Gasteiger partial charge in [-0.25, -0.2) is 4.39 Å². The lowest BCUT2D eigenvalue weighted by Crippen LogP contribution is -2.62. The van der Waals surface area contributed by atoms with E-state index in [0.29, 0.717) is 6.04 Å². The van der Waals surface area contributed by atoms with Gasteiger partial charge in [0.05, 0.1) is 16.9 Å². The van der Waals surface area contributed by atoms with Crippen LogP contribution in [0.5, 0.6) is 0 Å². The first kappa shape index (κ1) is 10.9. The van der Waals surface area contributed by atoms with Crippen molar-refractivity contribution in [1.29, 1.82) is 0 Å². The minimum Gasteiger partial charge on any atom is -0.381 e. The summed E-state index contributed by atoms with van der Waals surface area (Å²) in [4.78, 5) is 2.49. The molecular formula is C14H19FN2. The summed E-state index contributed by atoms with van der Waals surface area (Å²) in [6.07, 6.45) is 3.80. The van der Waals surface area contributed by atoms with E-state index in [4.69, 9.17) is 0 Å². The van der Waals surface area contributed by atoms with Crippen molar-refractivity contribution >= 4 is 11.4 Å². The van der Waals surface area contributed by atoms with E-state index in [1.807, 2.05) is 6.07 Å². The standard InChI is InChI=1S/C14H19FN2/c1-10(2)17-13-5-4-11(15)8-12(13)16-9-14(17)6-3-7-14/h4-5,8,10,16H,3,6-7,9H2,1-2H3. The van der Waals surface area contributed by atoms with Gasteiger partial charge in [-0.15, -0.1) is 0 Å². The predicted molar refractivity (Wildman–Crippen MR) is 69.1 cm³/mol. The molecule has 2 aliphatic rings. The molecule has 3 heteroatoms. The summed E-state index contributed by atoms with van der Waals surface area (Å²) in [5, 5.41) is 3.40. The summed E-state index contributed by atoms with van der Waals surface area (Å²) in [5.41, 5.74) is 2.38. The molecule has 0 unspecified atom stereocenters. The molecule has 1 aliphatic carbocycles. The van der Waals surface area contributed by atoms with E-state index in [9.17, 15) is 4.39 Å². The quantitative estimate of drug-likeness (QED) is 0.801. The average molecular weight is 234 g/mol. The average Bonchev–Trinajstić information content (AvgIpc) is 2.24. The maximum Gasteiger partial charge on any atom is 0.125 e. The topological polar surface area (TPSA) is 15.3 Å². The maximum atomic E-state index is 13.3. The van der Waals surface area contributed by atoms with Gasteiger partial charge in [-0.1, -0.05) is 0 Å². The second-order valence-corrected chi connectivity index (χ2v) is 5.56. The zero-order valence-corrected chi connectivity index (χ0v) is 10.5. The SMILES string of the molecule is CC(C)N1c2ccc(F)cc2NCC12CCC2. The fourth-order valence-electron chi connectivity index (χ4n) is 3.29. The monoisotopic (exact) mass is 234 g/mol. The lowest BCUT2D eigenvalue weighted by atomic mass is 9.73. The lowest BCUT2D eigenvalue weighted by molar-refractivity contribution is 0.226. The Morgan fingerprint density at radius 3 is 2.71 bits per heavy atom. The summed E-state index contributed by atoms with van der Waals surface area (Å²) in [6, 6.07) is 5.54. The van der Waals surface area contributed by atoms with Gasteiger partial charge in [0.2, 0.25) is 0 Å². The number of nitrogens with one attached hydrogen (secondary N) is 1. The Kier molecular flexibility index (Phi) is 2.32. The number of benzene rings is 1. The second kappa shape index (κ2) is 3.62. The van der Waals surface area contributed by atoms with Crippen molar-refractivity contribution in [3.05, 3.63) is 24.0 Å². The third kappa shape index (κ3) is 1.52. The summed E-state index contributed by atoms with van der Waals surface area (Å²) in [6.45, 7) is 5.39. The Hall–Kier alpha value is -1.25. The van der Waals surface area contributed by atoms with E-state index < -0.39 is 0 Å². The smallest absolute Gasteiger partial charge is 0.125 e. The molecule has 92 valence electrons. The van der Waals surface area contributed by atoms with E-state index in [1.165, 1.54) is 19.3 Å². The molecule has 2 nitrogen and oxygen atoms in total. The highest BCUT2D eigenvalue weighted by Gasteiger charge is 2.46. The minimum atomic E-state index is -0.162. The molecule has 0 saturated heterocycles. The van der Waals surface area contributed by atoms with Gasteiger partial charge in [0.1, 0.15) is 5.82 Å². The molecule has 1 saturated carbocycles. The molecule has 17 heavy (non-hydrogen) atoms. The first-order valence-electron chi connectivity index (χ1n) is 6.45. The number of rotatable bonds is 1. The van der Waals surface area contributed by atoms with Crippen molar-refractivity contribution in [1.82, 2.24) is 0 Å². The van der Waals surface area contributed by atoms with Crippen molar-refractivity contribution in [3.8, 4) is 0 Å². The van der Waals surface area contributed by atoms with Gasteiger partial charge in [0.25, 0.3) is 0 Å². The summed E-state index contributed by atoms with van der Waals surface area (Å²) in [5.74, 6) is -0.162. The van der Waals surface area contributed by atoms with Crippen LogP contribution in [-0.4, -0.2) is 18.1 Å². The Bertz CT molecular complexity index is 438. The Labute approximate surface area is 102 Å². The summed E-state index contributed by atoms with van der Waals surface area (Å²) < 4.78 is 13.3. The van der Waals surface area contributed by atoms with Crippen molar-refractivity contribution in [3.63, 3.8) is 0 Å². The number of anilines is 2.